The molecule has 0 amide bonds. The molecule has 0 saturated heterocycles. The van der Waals surface area contributed by atoms with E-state index in [9.17, 15) is 8.42 Å². The van der Waals surface area contributed by atoms with Gasteiger partial charge >= 0.3 is 0 Å². The van der Waals surface area contributed by atoms with Gasteiger partial charge in [-0.05, 0) is 37.6 Å². The Labute approximate surface area is 165 Å². The zero-order valence-corrected chi connectivity index (χ0v) is 17.6. The highest BCUT2D eigenvalue weighted by molar-refractivity contribution is 9.10. The second-order valence-electron chi connectivity index (χ2n) is 6.00. The second-order valence-corrected chi connectivity index (χ2v) is 9.61. The highest BCUT2D eigenvalue weighted by Gasteiger charge is 2.29. The van der Waals surface area contributed by atoms with E-state index in [4.69, 9.17) is 0 Å². The standard InChI is InChI=1S/C18H18BrN3O2S2/c1-13(2)22(11-14-4-3-9-20-10-14)26(23,24)17-12-25-18(21-17)15-5-7-16(19)8-6-15/h3-10,12-13H,11H2,1-2H3. The highest BCUT2D eigenvalue weighted by Crippen LogP contribution is 2.29. The third-order valence-electron chi connectivity index (χ3n) is 3.78. The van der Waals surface area contributed by atoms with E-state index in [0.29, 0.717) is 5.01 Å². The molecule has 0 atom stereocenters. The predicted octanol–water partition coefficient (Wildman–Crippen LogP) is 4.57. The smallest absolute Gasteiger partial charge is 0.261 e. The van der Waals surface area contributed by atoms with Crippen LogP contribution in [0.5, 0.6) is 0 Å². The van der Waals surface area contributed by atoms with Gasteiger partial charge < -0.3 is 0 Å². The van der Waals surface area contributed by atoms with Gasteiger partial charge in [-0.1, -0.05) is 34.1 Å². The van der Waals surface area contributed by atoms with Gasteiger partial charge in [-0.25, -0.2) is 13.4 Å². The molecule has 8 heteroatoms. The van der Waals surface area contributed by atoms with Crippen molar-refractivity contribution in [1.82, 2.24) is 14.3 Å². The van der Waals surface area contributed by atoms with Gasteiger partial charge in [0.2, 0.25) is 0 Å². The summed E-state index contributed by atoms with van der Waals surface area (Å²) in [5.74, 6) is 0. The van der Waals surface area contributed by atoms with Crippen LogP contribution in [-0.2, 0) is 16.6 Å². The Hall–Kier alpha value is -1.61. The van der Waals surface area contributed by atoms with Crippen LogP contribution < -0.4 is 0 Å². The van der Waals surface area contributed by atoms with Crippen LogP contribution in [0.25, 0.3) is 10.6 Å². The van der Waals surface area contributed by atoms with E-state index < -0.39 is 10.0 Å². The Bertz CT molecular complexity index is 971. The molecule has 0 unspecified atom stereocenters. The summed E-state index contributed by atoms with van der Waals surface area (Å²) >= 11 is 4.72. The lowest BCUT2D eigenvalue weighted by molar-refractivity contribution is 0.346. The van der Waals surface area contributed by atoms with E-state index in [0.717, 1.165) is 15.6 Å². The molecule has 0 spiro atoms. The summed E-state index contributed by atoms with van der Waals surface area (Å²) in [6, 6.07) is 11.1. The minimum Gasteiger partial charge on any atom is -0.264 e. The molecule has 0 radical (unpaired) electrons. The lowest BCUT2D eigenvalue weighted by atomic mass is 10.2. The second kappa shape index (κ2) is 7.96. The zero-order valence-electron chi connectivity index (χ0n) is 14.3. The number of aromatic nitrogens is 2. The van der Waals surface area contributed by atoms with Crippen LogP contribution >= 0.6 is 27.3 Å². The minimum atomic E-state index is -3.70. The normalized spacial score (nSPS) is 12.0. The van der Waals surface area contributed by atoms with Crippen LogP contribution in [0.4, 0.5) is 0 Å². The summed E-state index contributed by atoms with van der Waals surface area (Å²) in [4.78, 5) is 8.45. The maximum absolute atomic E-state index is 13.1. The number of pyridine rings is 1. The molecular weight excluding hydrogens is 434 g/mol. The van der Waals surface area contributed by atoms with Gasteiger partial charge in [0.25, 0.3) is 10.0 Å². The van der Waals surface area contributed by atoms with Crippen LogP contribution in [0, 0.1) is 0 Å². The Morgan fingerprint density at radius 1 is 1.19 bits per heavy atom. The first-order valence-corrected chi connectivity index (χ1v) is 11.1. The lowest BCUT2D eigenvalue weighted by Crippen LogP contribution is -2.36. The van der Waals surface area contributed by atoms with Gasteiger partial charge in [-0.3, -0.25) is 4.98 Å². The first-order valence-electron chi connectivity index (χ1n) is 8.00. The van der Waals surface area contributed by atoms with E-state index in [-0.39, 0.29) is 17.6 Å². The van der Waals surface area contributed by atoms with Gasteiger partial charge in [0, 0.05) is 40.4 Å². The van der Waals surface area contributed by atoms with E-state index in [1.807, 2.05) is 44.2 Å². The first kappa shape index (κ1) is 19.2. The molecule has 0 aliphatic rings. The fourth-order valence-corrected chi connectivity index (χ4v) is 5.40. The van der Waals surface area contributed by atoms with Crippen molar-refractivity contribution in [2.45, 2.75) is 31.5 Å². The topological polar surface area (TPSA) is 63.2 Å². The van der Waals surface area contributed by atoms with Gasteiger partial charge in [-0.15, -0.1) is 11.3 Å². The fourth-order valence-electron chi connectivity index (χ4n) is 2.44. The molecular formula is C18H18BrN3O2S2. The average Bonchev–Trinajstić information content (AvgIpc) is 3.12. The number of nitrogens with zero attached hydrogens (tertiary/aromatic N) is 3. The molecule has 0 aliphatic carbocycles. The number of rotatable bonds is 6. The van der Waals surface area contributed by atoms with Crippen molar-refractivity contribution >= 4 is 37.3 Å². The molecule has 26 heavy (non-hydrogen) atoms. The summed E-state index contributed by atoms with van der Waals surface area (Å²) < 4.78 is 28.7. The van der Waals surface area contributed by atoms with Gasteiger partial charge in [0.1, 0.15) is 5.01 Å². The van der Waals surface area contributed by atoms with Crippen LogP contribution in [0.3, 0.4) is 0 Å². The van der Waals surface area contributed by atoms with Crippen molar-refractivity contribution in [3.63, 3.8) is 0 Å². The number of sulfonamides is 1. The molecule has 0 fully saturated rings. The number of halogens is 1. The van der Waals surface area contributed by atoms with Crippen molar-refractivity contribution in [3.05, 3.63) is 64.2 Å². The molecule has 3 rings (SSSR count). The highest BCUT2D eigenvalue weighted by atomic mass is 79.9. The van der Waals surface area contributed by atoms with E-state index >= 15 is 0 Å². The Kier molecular flexibility index (Phi) is 5.86. The van der Waals surface area contributed by atoms with Crippen LogP contribution in [0.15, 0.2) is 63.7 Å². The van der Waals surface area contributed by atoms with Gasteiger partial charge in [-0.2, -0.15) is 4.31 Å². The predicted molar refractivity (Wildman–Crippen MR) is 107 cm³/mol. The summed E-state index contributed by atoms with van der Waals surface area (Å²) in [5.41, 5.74) is 1.73. The molecule has 2 aromatic heterocycles. The summed E-state index contributed by atoms with van der Waals surface area (Å²) in [7, 11) is -3.70. The molecule has 5 nitrogen and oxygen atoms in total. The van der Waals surface area contributed by atoms with Gasteiger partial charge in [0.05, 0.1) is 0 Å². The van der Waals surface area contributed by atoms with Crippen LogP contribution in [0.2, 0.25) is 0 Å². The molecule has 0 aliphatic heterocycles. The summed E-state index contributed by atoms with van der Waals surface area (Å²) in [6.45, 7) is 3.98. The maximum atomic E-state index is 13.1. The molecule has 136 valence electrons. The van der Waals surface area contributed by atoms with Crippen LogP contribution in [-0.4, -0.2) is 28.7 Å². The van der Waals surface area contributed by atoms with Crippen molar-refractivity contribution < 1.29 is 8.42 Å². The molecule has 0 bridgehead atoms. The average molecular weight is 452 g/mol. The van der Waals surface area contributed by atoms with E-state index in [1.54, 1.807) is 23.8 Å². The Morgan fingerprint density at radius 3 is 2.54 bits per heavy atom. The monoisotopic (exact) mass is 451 g/mol. The minimum absolute atomic E-state index is 0.0815. The lowest BCUT2D eigenvalue weighted by Gasteiger charge is -2.24. The zero-order chi connectivity index (χ0) is 18.7. The van der Waals surface area contributed by atoms with Crippen molar-refractivity contribution in [2.24, 2.45) is 0 Å². The van der Waals surface area contributed by atoms with Crippen molar-refractivity contribution in [3.8, 4) is 10.6 Å². The van der Waals surface area contributed by atoms with Crippen LogP contribution in [0.1, 0.15) is 19.4 Å². The molecule has 0 saturated carbocycles. The number of benzene rings is 1. The summed E-state index contributed by atoms with van der Waals surface area (Å²) in [5, 5.41) is 2.37. The maximum Gasteiger partial charge on any atom is 0.261 e. The number of hydrogen-bond acceptors (Lipinski definition) is 5. The molecule has 3 aromatic rings. The van der Waals surface area contributed by atoms with E-state index in [1.165, 1.54) is 15.6 Å². The quantitative estimate of drug-likeness (QED) is 0.550. The van der Waals surface area contributed by atoms with Crippen molar-refractivity contribution in [2.75, 3.05) is 0 Å². The fraction of sp³-hybridized carbons (Fsp3) is 0.222. The third kappa shape index (κ3) is 4.20. The molecule has 0 N–H and O–H groups in total. The largest absolute Gasteiger partial charge is 0.264 e. The number of thiazole rings is 1. The third-order valence-corrected chi connectivity index (χ3v) is 7.26. The van der Waals surface area contributed by atoms with Crippen molar-refractivity contribution in [1.29, 1.82) is 0 Å². The Morgan fingerprint density at radius 2 is 1.92 bits per heavy atom. The summed E-state index contributed by atoms with van der Waals surface area (Å²) in [6.07, 6.45) is 3.35. The first-order chi connectivity index (χ1) is 12.4. The Balaban J connectivity index is 1.91. The van der Waals surface area contributed by atoms with Gasteiger partial charge in [0.15, 0.2) is 5.03 Å². The number of hydrogen-bond donors (Lipinski definition) is 0. The molecule has 1 aromatic carbocycles. The molecule has 2 heterocycles. The van der Waals surface area contributed by atoms with E-state index in [2.05, 4.69) is 25.9 Å². The SMILES string of the molecule is CC(C)N(Cc1cccnc1)S(=O)(=O)c1csc(-c2ccc(Br)cc2)n1.